The maximum atomic E-state index is 12.1. The summed E-state index contributed by atoms with van der Waals surface area (Å²) in [5, 5.41) is 11.5. The molecule has 0 fully saturated rings. The van der Waals surface area contributed by atoms with Crippen molar-refractivity contribution in [3.05, 3.63) is 30.4 Å². The molecule has 0 aliphatic carbocycles. The molecule has 7 heteroatoms. The fourth-order valence-electron chi connectivity index (χ4n) is 1.65. The summed E-state index contributed by atoms with van der Waals surface area (Å²) in [6.07, 6.45) is 5.28. The predicted molar refractivity (Wildman–Crippen MR) is 70.7 cm³/mol. The monoisotopic (exact) mass is 273 g/mol. The minimum Gasteiger partial charge on any atom is -0.377 e. The Bertz CT molecular complexity index is 467. The molecule has 2 heterocycles. The van der Waals surface area contributed by atoms with E-state index in [-0.39, 0.29) is 12.4 Å². The Hall–Kier alpha value is -1.56. The first-order valence-corrected chi connectivity index (χ1v) is 5.66. The van der Waals surface area contributed by atoms with Crippen molar-refractivity contribution in [2.45, 2.75) is 26.6 Å². The van der Waals surface area contributed by atoms with Crippen molar-refractivity contribution in [1.82, 2.24) is 19.6 Å². The van der Waals surface area contributed by atoms with Crippen LogP contribution in [0.3, 0.4) is 0 Å². The van der Waals surface area contributed by atoms with E-state index in [0.29, 0.717) is 13.1 Å². The second kappa shape index (κ2) is 7.00. The number of anilines is 1. The van der Waals surface area contributed by atoms with Gasteiger partial charge in [0, 0.05) is 18.9 Å². The third-order valence-corrected chi connectivity index (χ3v) is 2.52. The molecule has 5 nitrogen and oxygen atoms in total. The summed E-state index contributed by atoms with van der Waals surface area (Å²) in [4.78, 5) is 0. The number of hydrogen-bond donors (Lipinski definition) is 1. The molecule has 0 radical (unpaired) electrons. The van der Waals surface area contributed by atoms with Crippen molar-refractivity contribution in [3.8, 4) is 0 Å². The van der Waals surface area contributed by atoms with Crippen LogP contribution >= 0.6 is 12.4 Å². The highest BCUT2D eigenvalue weighted by molar-refractivity contribution is 5.85. The number of nitrogens with one attached hydrogen (secondary N) is 1. The maximum Gasteiger partial charge on any atom is 0.109 e. The lowest BCUT2D eigenvalue weighted by Crippen LogP contribution is -2.07. The molecule has 0 spiro atoms. The SMILES string of the molecule is CCn1nccc1CNc1cnn(CCF)c1.Cl. The molecule has 0 aliphatic rings. The largest absolute Gasteiger partial charge is 0.377 e. The summed E-state index contributed by atoms with van der Waals surface area (Å²) in [6, 6.07) is 1.97. The van der Waals surface area contributed by atoms with Crippen molar-refractivity contribution < 1.29 is 4.39 Å². The lowest BCUT2D eigenvalue weighted by atomic mass is 10.4. The second-order valence-corrected chi connectivity index (χ2v) is 3.67. The fraction of sp³-hybridized carbons (Fsp3) is 0.455. The molecule has 0 aromatic carbocycles. The van der Waals surface area contributed by atoms with E-state index in [2.05, 4.69) is 22.4 Å². The van der Waals surface area contributed by atoms with Crippen LogP contribution in [0.2, 0.25) is 0 Å². The lowest BCUT2D eigenvalue weighted by Gasteiger charge is -2.05. The van der Waals surface area contributed by atoms with Crippen molar-refractivity contribution >= 4 is 18.1 Å². The zero-order valence-corrected chi connectivity index (χ0v) is 11.0. The molecule has 0 saturated carbocycles. The molecular formula is C11H17ClFN5. The molecule has 0 amide bonds. The van der Waals surface area contributed by atoms with Crippen LogP contribution in [-0.2, 0) is 19.6 Å². The van der Waals surface area contributed by atoms with Gasteiger partial charge in [0.15, 0.2) is 0 Å². The number of nitrogens with zero attached hydrogens (tertiary/aromatic N) is 4. The van der Waals surface area contributed by atoms with E-state index in [4.69, 9.17) is 0 Å². The summed E-state index contributed by atoms with van der Waals surface area (Å²) >= 11 is 0. The number of rotatable bonds is 6. The van der Waals surface area contributed by atoms with Crippen LogP contribution < -0.4 is 5.32 Å². The Labute approximate surface area is 111 Å². The van der Waals surface area contributed by atoms with Gasteiger partial charge < -0.3 is 5.32 Å². The molecule has 0 saturated heterocycles. The second-order valence-electron chi connectivity index (χ2n) is 3.67. The zero-order chi connectivity index (χ0) is 12.1. The Balaban J connectivity index is 0.00000162. The number of alkyl halides is 1. The van der Waals surface area contributed by atoms with E-state index >= 15 is 0 Å². The average molecular weight is 274 g/mol. The van der Waals surface area contributed by atoms with E-state index in [1.165, 1.54) is 0 Å². The van der Waals surface area contributed by atoms with Gasteiger partial charge in [0.05, 0.1) is 30.7 Å². The number of hydrogen-bond acceptors (Lipinski definition) is 3. The highest BCUT2D eigenvalue weighted by Gasteiger charge is 2.02. The van der Waals surface area contributed by atoms with Gasteiger partial charge >= 0.3 is 0 Å². The topological polar surface area (TPSA) is 47.7 Å². The molecule has 2 rings (SSSR count). The van der Waals surface area contributed by atoms with E-state index in [9.17, 15) is 4.39 Å². The first kappa shape index (κ1) is 14.5. The highest BCUT2D eigenvalue weighted by Crippen LogP contribution is 2.08. The zero-order valence-electron chi connectivity index (χ0n) is 10.2. The van der Waals surface area contributed by atoms with E-state index < -0.39 is 6.67 Å². The molecule has 0 atom stereocenters. The Kier molecular flexibility index (Phi) is 5.64. The Morgan fingerprint density at radius 3 is 2.94 bits per heavy atom. The van der Waals surface area contributed by atoms with Gasteiger partial charge in [-0.1, -0.05) is 0 Å². The van der Waals surface area contributed by atoms with Gasteiger partial charge in [-0.15, -0.1) is 12.4 Å². The first-order chi connectivity index (χ1) is 8.33. The first-order valence-electron chi connectivity index (χ1n) is 5.66. The standard InChI is InChI=1S/C11H16FN5.ClH/c1-2-17-11(3-5-14-17)8-13-10-7-15-16(9-10)6-4-12;/h3,5,7,9,13H,2,4,6,8H2,1H3;1H. The van der Waals surface area contributed by atoms with E-state index in [0.717, 1.165) is 17.9 Å². The molecule has 0 aliphatic heterocycles. The van der Waals surface area contributed by atoms with Gasteiger partial charge in [-0.25, -0.2) is 4.39 Å². The molecular weight excluding hydrogens is 257 g/mol. The molecule has 18 heavy (non-hydrogen) atoms. The van der Waals surface area contributed by atoms with Gasteiger partial charge in [0.1, 0.15) is 6.67 Å². The van der Waals surface area contributed by atoms with Gasteiger partial charge in [0.25, 0.3) is 0 Å². The van der Waals surface area contributed by atoms with Crippen LogP contribution in [0.15, 0.2) is 24.7 Å². The number of aromatic nitrogens is 4. The molecule has 0 bridgehead atoms. The predicted octanol–water partition coefficient (Wildman–Crippen LogP) is 2.10. The molecule has 1 N–H and O–H groups in total. The Morgan fingerprint density at radius 2 is 2.22 bits per heavy atom. The van der Waals surface area contributed by atoms with E-state index in [1.54, 1.807) is 23.3 Å². The Morgan fingerprint density at radius 1 is 1.39 bits per heavy atom. The lowest BCUT2D eigenvalue weighted by molar-refractivity contribution is 0.427. The van der Waals surface area contributed by atoms with Crippen LogP contribution in [0, 0.1) is 0 Å². The van der Waals surface area contributed by atoms with Crippen LogP contribution in [0.25, 0.3) is 0 Å². The van der Waals surface area contributed by atoms with Crippen molar-refractivity contribution in [3.63, 3.8) is 0 Å². The molecule has 2 aromatic heterocycles. The van der Waals surface area contributed by atoms with Gasteiger partial charge in [0.2, 0.25) is 0 Å². The van der Waals surface area contributed by atoms with Crippen LogP contribution in [0.4, 0.5) is 10.1 Å². The number of aryl methyl sites for hydroxylation is 2. The summed E-state index contributed by atoms with van der Waals surface area (Å²) in [5.41, 5.74) is 2.01. The van der Waals surface area contributed by atoms with Gasteiger partial charge in [-0.2, -0.15) is 10.2 Å². The third-order valence-electron chi connectivity index (χ3n) is 2.52. The third kappa shape index (κ3) is 3.46. The smallest absolute Gasteiger partial charge is 0.109 e. The normalized spacial score (nSPS) is 10.1. The number of halogens is 2. The highest BCUT2D eigenvalue weighted by atomic mass is 35.5. The van der Waals surface area contributed by atoms with Gasteiger partial charge in [-0.3, -0.25) is 9.36 Å². The van der Waals surface area contributed by atoms with Crippen LogP contribution in [0.1, 0.15) is 12.6 Å². The summed E-state index contributed by atoms with van der Waals surface area (Å²) < 4.78 is 15.6. The molecule has 2 aromatic rings. The molecule has 0 unspecified atom stereocenters. The van der Waals surface area contributed by atoms with Crippen molar-refractivity contribution in [2.24, 2.45) is 0 Å². The summed E-state index contributed by atoms with van der Waals surface area (Å²) in [5.74, 6) is 0. The minimum atomic E-state index is -0.399. The quantitative estimate of drug-likeness (QED) is 0.877. The molecule has 100 valence electrons. The van der Waals surface area contributed by atoms with Crippen LogP contribution in [-0.4, -0.2) is 26.2 Å². The summed E-state index contributed by atoms with van der Waals surface area (Å²) in [6.45, 7) is 3.49. The maximum absolute atomic E-state index is 12.1. The van der Waals surface area contributed by atoms with Crippen molar-refractivity contribution in [2.75, 3.05) is 12.0 Å². The van der Waals surface area contributed by atoms with Crippen molar-refractivity contribution in [1.29, 1.82) is 0 Å². The van der Waals surface area contributed by atoms with E-state index in [1.807, 2.05) is 10.7 Å². The van der Waals surface area contributed by atoms with Crippen LogP contribution in [0.5, 0.6) is 0 Å². The van der Waals surface area contributed by atoms with Gasteiger partial charge in [-0.05, 0) is 13.0 Å². The minimum absolute atomic E-state index is 0. The average Bonchev–Trinajstić information content (AvgIpc) is 2.95. The summed E-state index contributed by atoms with van der Waals surface area (Å²) in [7, 11) is 0. The fourth-order valence-corrected chi connectivity index (χ4v) is 1.65.